The zero-order chi connectivity index (χ0) is 8.27. The smallest absolute Gasteiger partial charge is 0.107 e. The molecule has 0 fully saturated rings. The summed E-state index contributed by atoms with van der Waals surface area (Å²) in [7, 11) is 0. The highest BCUT2D eigenvalue weighted by Gasteiger charge is 2.04. The first kappa shape index (κ1) is 8.74. The van der Waals surface area contributed by atoms with Crippen LogP contribution in [0.1, 0.15) is 12.5 Å². The lowest BCUT2D eigenvalue weighted by molar-refractivity contribution is 0.644. The summed E-state index contributed by atoms with van der Waals surface area (Å²) in [6.45, 7) is 3.63. The fraction of sp³-hybridized carbons (Fsp3) is 0.571. The Morgan fingerprint density at radius 2 is 2.45 bits per heavy atom. The maximum absolute atomic E-state index is 5.42. The molecule has 0 radical (unpaired) electrons. The van der Waals surface area contributed by atoms with Crippen LogP contribution >= 0.6 is 15.9 Å². The third-order valence-corrected chi connectivity index (χ3v) is 2.48. The Morgan fingerprint density at radius 1 is 1.73 bits per heavy atom. The summed E-state index contributed by atoms with van der Waals surface area (Å²) < 4.78 is 2.97. The van der Waals surface area contributed by atoms with Crippen LogP contribution in [0.3, 0.4) is 0 Å². The second-order valence-electron chi connectivity index (χ2n) is 2.32. The average molecular weight is 218 g/mol. The largest absolute Gasteiger partial charge is 0.330 e. The maximum atomic E-state index is 5.42. The number of nitrogens with two attached hydrogens (primary N) is 1. The Kier molecular flexibility index (Phi) is 3.08. The van der Waals surface area contributed by atoms with Crippen molar-refractivity contribution in [1.29, 1.82) is 0 Å². The van der Waals surface area contributed by atoms with E-state index in [0.717, 1.165) is 17.6 Å². The highest BCUT2D eigenvalue weighted by Crippen LogP contribution is 2.15. The highest BCUT2D eigenvalue weighted by molar-refractivity contribution is 9.10. The molecule has 0 bridgehead atoms. The summed E-state index contributed by atoms with van der Waals surface area (Å²) >= 11 is 3.46. The number of rotatable bonds is 3. The van der Waals surface area contributed by atoms with Gasteiger partial charge in [0.25, 0.3) is 0 Å². The summed E-state index contributed by atoms with van der Waals surface area (Å²) in [6.07, 6.45) is 2.75. The number of nitrogens with zero attached hydrogens (tertiary/aromatic N) is 2. The standard InChI is InChI=1S/C7H12BrN3/c1-2-11-7(8)6(3-4-9)5-10-11/h5H,2-4,9H2,1H3. The Hall–Kier alpha value is -0.350. The van der Waals surface area contributed by atoms with Gasteiger partial charge in [-0.05, 0) is 35.8 Å². The molecule has 3 nitrogen and oxygen atoms in total. The van der Waals surface area contributed by atoms with Gasteiger partial charge in [-0.1, -0.05) is 0 Å². The molecule has 2 N–H and O–H groups in total. The second kappa shape index (κ2) is 3.88. The summed E-state index contributed by atoms with van der Waals surface area (Å²) in [5.41, 5.74) is 6.61. The van der Waals surface area contributed by atoms with Gasteiger partial charge >= 0.3 is 0 Å². The van der Waals surface area contributed by atoms with Crippen LogP contribution in [0, 0.1) is 0 Å². The molecule has 0 saturated carbocycles. The van der Waals surface area contributed by atoms with Gasteiger partial charge < -0.3 is 5.73 Å². The molecule has 0 unspecified atom stereocenters. The normalized spacial score (nSPS) is 10.5. The number of halogens is 1. The zero-order valence-electron chi connectivity index (χ0n) is 6.55. The van der Waals surface area contributed by atoms with E-state index in [2.05, 4.69) is 28.0 Å². The predicted molar refractivity (Wildman–Crippen MR) is 48.4 cm³/mol. The molecule has 0 atom stereocenters. The zero-order valence-corrected chi connectivity index (χ0v) is 8.13. The van der Waals surface area contributed by atoms with Gasteiger partial charge in [-0.2, -0.15) is 5.10 Å². The molecule has 11 heavy (non-hydrogen) atoms. The third kappa shape index (κ3) is 1.81. The quantitative estimate of drug-likeness (QED) is 0.827. The first-order chi connectivity index (χ1) is 5.29. The fourth-order valence-corrected chi connectivity index (χ4v) is 1.60. The SMILES string of the molecule is CCn1ncc(CCN)c1Br. The molecule has 0 aliphatic heterocycles. The molecule has 62 valence electrons. The topological polar surface area (TPSA) is 43.8 Å². The van der Waals surface area contributed by atoms with E-state index in [0.29, 0.717) is 6.54 Å². The van der Waals surface area contributed by atoms with Crippen molar-refractivity contribution < 1.29 is 0 Å². The molecule has 0 amide bonds. The van der Waals surface area contributed by atoms with Gasteiger partial charge in [0.05, 0.1) is 6.20 Å². The molecule has 0 aromatic carbocycles. The second-order valence-corrected chi connectivity index (χ2v) is 3.07. The average Bonchev–Trinajstić information content (AvgIpc) is 2.34. The van der Waals surface area contributed by atoms with E-state index in [1.165, 1.54) is 5.56 Å². The maximum Gasteiger partial charge on any atom is 0.107 e. The summed E-state index contributed by atoms with van der Waals surface area (Å²) in [5.74, 6) is 0. The Labute approximate surface area is 74.7 Å². The molecule has 1 aromatic heterocycles. The van der Waals surface area contributed by atoms with Gasteiger partial charge in [-0.3, -0.25) is 4.68 Å². The van der Waals surface area contributed by atoms with Gasteiger partial charge in [-0.25, -0.2) is 0 Å². The summed E-state index contributed by atoms with van der Waals surface area (Å²) in [6, 6.07) is 0. The van der Waals surface area contributed by atoms with Crippen molar-refractivity contribution in [3.63, 3.8) is 0 Å². The van der Waals surface area contributed by atoms with Crippen LogP contribution < -0.4 is 5.73 Å². The van der Waals surface area contributed by atoms with E-state index in [1.807, 2.05) is 10.9 Å². The highest BCUT2D eigenvalue weighted by atomic mass is 79.9. The van der Waals surface area contributed by atoms with Crippen molar-refractivity contribution >= 4 is 15.9 Å². The van der Waals surface area contributed by atoms with Crippen LogP contribution in [-0.2, 0) is 13.0 Å². The van der Waals surface area contributed by atoms with Crippen LogP contribution in [0.4, 0.5) is 0 Å². The Morgan fingerprint density at radius 3 is 2.91 bits per heavy atom. The number of aromatic nitrogens is 2. The molecule has 1 heterocycles. The lowest BCUT2D eigenvalue weighted by Gasteiger charge is -1.97. The molecule has 0 saturated heterocycles. The monoisotopic (exact) mass is 217 g/mol. The molecule has 0 aliphatic rings. The minimum Gasteiger partial charge on any atom is -0.330 e. The lowest BCUT2D eigenvalue weighted by atomic mass is 10.3. The molecule has 1 rings (SSSR count). The summed E-state index contributed by atoms with van der Waals surface area (Å²) in [5, 5.41) is 4.17. The number of hydrogen-bond donors (Lipinski definition) is 1. The van der Waals surface area contributed by atoms with E-state index in [1.54, 1.807) is 0 Å². The van der Waals surface area contributed by atoms with E-state index < -0.39 is 0 Å². The van der Waals surface area contributed by atoms with Crippen molar-refractivity contribution in [3.05, 3.63) is 16.4 Å². The first-order valence-electron chi connectivity index (χ1n) is 3.69. The first-order valence-corrected chi connectivity index (χ1v) is 4.49. The van der Waals surface area contributed by atoms with Crippen molar-refractivity contribution in [2.75, 3.05) is 6.54 Å². The van der Waals surface area contributed by atoms with Gasteiger partial charge in [-0.15, -0.1) is 0 Å². The van der Waals surface area contributed by atoms with Crippen LogP contribution in [0.2, 0.25) is 0 Å². The molecule has 0 aliphatic carbocycles. The van der Waals surface area contributed by atoms with Crippen LogP contribution in [0.15, 0.2) is 10.8 Å². The van der Waals surface area contributed by atoms with E-state index in [-0.39, 0.29) is 0 Å². The molecule has 1 aromatic rings. The Bertz CT molecular complexity index is 232. The van der Waals surface area contributed by atoms with E-state index in [4.69, 9.17) is 5.73 Å². The summed E-state index contributed by atoms with van der Waals surface area (Å²) in [4.78, 5) is 0. The van der Waals surface area contributed by atoms with Gasteiger partial charge in [0, 0.05) is 12.1 Å². The van der Waals surface area contributed by atoms with Crippen molar-refractivity contribution in [2.24, 2.45) is 5.73 Å². The lowest BCUT2D eigenvalue weighted by Crippen LogP contribution is -2.03. The fourth-order valence-electron chi connectivity index (χ4n) is 0.953. The minimum atomic E-state index is 0.675. The molecular formula is C7H12BrN3. The molecule has 0 spiro atoms. The number of hydrogen-bond acceptors (Lipinski definition) is 2. The number of aryl methyl sites for hydroxylation is 1. The van der Waals surface area contributed by atoms with Gasteiger partial charge in [0.15, 0.2) is 0 Å². The van der Waals surface area contributed by atoms with Gasteiger partial charge in [0.2, 0.25) is 0 Å². The van der Waals surface area contributed by atoms with Gasteiger partial charge in [0.1, 0.15) is 4.60 Å². The van der Waals surface area contributed by atoms with Crippen molar-refractivity contribution in [3.8, 4) is 0 Å². The van der Waals surface area contributed by atoms with Crippen LogP contribution in [0.5, 0.6) is 0 Å². The van der Waals surface area contributed by atoms with E-state index >= 15 is 0 Å². The molecule has 4 heteroatoms. The Balaban J connectivity index is 2.82. The predicted octanol–water partition coefficient (Wildman–Crippen LogP) is 1.17. The minimum absolute atomic E-state index is 0.675. The van der Waals surface area contributed by atoms with Crippen LogP contribution in [0.25, 0.3) is 0 Å². The van der Waals surface area contributed by atoms with E-state index in [9.17, 15) is 0 Å². The molecular weight excluding hydrogens is 206 g/mol. The van der Waals surface area contributed by atoms with Crippen LogP contribution in [-0.4, -0.2) is 16.3 Å². The van der Waals surface area contributed by atoms with Crippen molar-refractivity contribution in [2.45, 2.75) is 19.9 Å². The third-order valence-electron chi connectivity index (χ3n) is 1.56. The van der Waals surface area contributed by atoms with Crippen molar-refractivity contribution in [1.82, 2.24) is 9.78 Å².